The van der Waals surface area contributed by atoms with Crippen molar-refractivity contribution in [3.05, 3.63) is 59.4 Å². The molecule has 0 spiro atoms. The molecule has 0 bridgehead atoms. The molecule has 0 radical (unpaired) electrons. The van der Waals surface area contributed by atoms with Crippen LogP contribution in [-0.4, -0.2) is 36.8 Å². The molecule has 35 heavy (non-hydrogen) atoms. The molecule has 14 heteroatoms. The van der Waals surface area contributed by atoms with Crippen LogP contribution in [0.3, 0.4) is 0 Å². The Morgan fingerprint density at radius 3 is 2.31 bits per heavy atom. The van der Waals surface area contributed by atoms with Gasteiger partial charge in [-0.15, -0.1) is 0 Å². The van der Waals surface area contributed by atoms with Gasteiger partial charge in [0.05, 0.1) is 5.56 Å². The van der Waals surface area contributed by atoms with Crippen LogP contribution in [0.15, 0.2) is 36.4 Å². The Morgan fingerprint density at radius 2 is 1.77 bits per heavy atom. The zero-order valence-corrected chi connectivity index (χ0v) is 17.7. The predicted molar refractivity (Wildman–Crippen MR) is 105 cm³/mol. The monoisotopic (exact) mass is 514 g/mol. The maximum atomic E-state index is 13.3. The highest BCUT2D eigenvalue weighted by atomic mass is 19.4. The summed E-state index contributed by atoms with van der Waals surface area (Å²) in [5.74, 6) is -6.96. The first-order valence-electron chi connectivity index (χ1n) is 9.72. The van der Waals surface area contributed by atoms with Crippen molar-refractivity contribution in [2.24, 2.45) is 11.7 Å². The molecule has 2 amide bonds. The van der Waals surface area contributed by atoms with Gasteiger partial charge in [0.1, 0.15) is 11.9 Å². The maximum Gasteiger partial charge on any atom is 0.414 e. The molecule has 2 unspecified atom stereocenters. The predicted octanol–water partition coefficient (Wildman–Crippen LogP) is 4.79. The van der Waals surface area contributed by atoms with Crippen LogP contribution >= 0.6 is 0 Å². The molecule has 0 aromatic heterocycles. The van der Waals surface area contributed by atoms with Gasteiger partial charge in [-0.2, -0.15) is 26.3 Å². The van der Waals surface area contributed by atoms with E-state index in [0.717, 1.165) is 30.3 Å². The quantitative estimate of drug-likeness (QED) is 0.562. The van der Waals surface area contributed by atoms with Gasteiger partial charge in [-0.1, -0.05) is 13.0 Å². The maximum absolute atomic E-state index is 13.3. The first-order valence-corrected chi connectivity index (χ1v) is 9.72. The van der Waals surface area contributed by atoms with E-state index in [2.05, 4.69) is 10.1 Å². The molecule has 6 nitrogen and oxygen atoms in total. The molecule has 3 atom stereocenters. The van der Waals surface area contributed by atoms with Crippen molar-refractivity contribution in [3.63, 3.8) is 0 Å². The summed E-state index contributed by atoms with van der Waals surface area (Å²) >= 11 is 0. The molecule has 2 aromatic rings. The van der Waals surface area contributed by atoms with Crippen LogP contribution in [0.4, 0.5) is 40.8 Å². The van der Waals surface area contributed by atoms with E-state index in [1.807, 2.05) is 0 Å². The van der Waals surface area contributed by atoms with Crippen LogP contribution in [0.2, 0.25) is 0 Å². The fraction of sp³-hybridized carbons (Fsp3) is 0.333. The molecular formula is C21H18F8N2O4. The Balaban J connectivity index is 0.000000303. The van der Waals surface area contributed by atoms with Gasteiger partial charge in [-0.3, -0.25) is 9.59 Å². The lowest BCUT2D eigenvalue weighted by Gasteiger charge is -2.18. The third-order valence-corrected chi connectivity index (χ3v) is 4.66. The summed E-state index contributed by atoms with van der Waals surface area (Å²) in [7, 11) is 0. The van der Waals surface area contributed by atoms with Crippen molar-refractivity contribution in [2.45, 2.75) is 38.3 Å². The topological polar surface area (TPSA) is 90.7 Å². The molecule has 1 saturated heterocycles. The Bertz CT molecular complexity index is 1060. The second-order valence-electron chi connectivity index (χ2n) is 7.28. The number of primary amides is 1. The summed E-state index contributed by atoms with van der Waals surface area (Å²) < 4.78 is 108. The summed E-state index contributed by atoms with van der Waals surface area (Å²) in [5.41, 5.74) is 4.58. The number of hydrogen-bond acceptors (Lipinski definition) is 4. The Kier molecular flexibility index (Phi) is 9.01. The van der Waals surface area contributed by atoms with E-state index in [9.17, 15) is 44.7 Å². The molecule has 1 aliphatic rings. The van der Waals surface area contributed by atoms with Gasteiger partial charge < -0.3 is 20.5 Å². The largest absolute Gasteiger partial charge is 0.432 e. The van der Waals surface area contributed by atoms with E-state index in [1.54, 1.807) is 0 Å². The second kappa shape index (κ2) is 11.3. The summed E-state index contributed by atoms with van der Waals surface area (Å²) in [4.78, 5) is 23.0. The number of nitrogens with two attached hydrogens (primary N) is 1. The first-order chi connectivity index (χ1) is 16.2. The number of amides is 2. The number of alkyl halides is 5. The number of carbonyl (C=O) groups is 2. The normalized spacial score (nSPS) is 19.7. The minimum atomic E-state index is -4.55. The van der Waals surface area contributed by atoms with Crippen LogP contribution in [0, 0.1) is 23.4 Å². The zero-order chi connectivity index (χ0) is 26.5. The van der Waals surface area contributed by atoms with Crippen molar-refractivity contribution < 1.29 is 54.2 Å². The van der Waals surface area contributed by atoms with Crippen LogP contribution in [-0.2, 0) is 9.53 Å². The average Bonchev–Trinajstić information content (AvgIpc) is 3.15. The fourth-order valence-corrected chi connectivity index (χ4v) is 3.08. The molecule has 2 aromatic carbocycles. The van der Waals surface area contributed by atoms with E-state index >= 15 is 0 Å². The smallest absolute Gasteiger partial charge is 0.414 e. The lowest BCUT2D eigenvalue weighted by atomic mass is 10.0. The number of halogens is 8. The molecule has 3 rings (SSSR count). The summed E-state index contributed by atoms with van der Waals surface area (Å²) in [5, 5.41) is 2.29. The number of anilines is 1. The van der Waals surface area contributed by atoms with Crippen molar-refractivity contribution >= 4 is 17.5 Å². The number of nitrogens with one attached hydrogen (secondary N) is 1. The van der Waals surface area contributed by atoms with E-state index in [1.165, 1.54) is 13.0 Å². The minimum Gasteiger partial charge on any atom is -0.432 e. The summed E-state index contributed by atoms with van der Waals surface area (Å²) in [6, 6.07) is 5.91. The number of rotatable bonds is 5. The standard InChI is InChI=1S/C14H14F4N2O3.C7H4F4O/c1-6-4-10(23-11(6)14(16,17)18)13(22)20-7-2-3-9(15)8(5-7)12(19)21;8-4-2-1-3-5(6(4)9)12-7(10)11/h2-3,5-6,10-11H,4H2,1H3,(H2,19,21)(H,20,22);1-3,7H/t6?,10-,11?;/m1./s1. The fourth-order valence-electron chi connectivity index (χ4n) is 3.08. The van der Waals surface area contributed by atoms with E-state index in [4.69, 9.17) is 10.5 Å². The molecule has 3 N–H and O–H groups in total. The van der Waals surface area contributed by atoms with Gasteiger partial charge in [0.2, 0.25) is 5.82 Å². The number of ether oxygens (including phenoxy) is 2. The Hall–Kier alpha value is -3.42. The molecule has 1 heterocycles. The lowest BCUT2D eigenvalue weighted by molar-refractivity contribution is -0.221. The second-order valence-corrected chi connectivity index (χ2v) is 7.28. The van der Waals surface area contributed by atoms with E-state index < -0.39 is 71.5 Å². The zero-order valence-electron chi connectivity index (χ0n) is 17.7. The van der Waals surface area contributed by atoms with Gasteiger partial charge >= 0.3 is 12.8 Å². The highest BCUT2D eigenvalue weighted by molar-refractivity contribution is 5.97. The molecule has 1 fully saturated rings. The van der Waals surface area contributed by atoms with Crippen LogP contribution in [0.5, 0.6) is 5.75 Å². The highest BCUT2D eigenvalue weighted by Crippen LogP contribution is 2.37. The van der Waals surface area contributed by atoms with Crippen molar-refractivity contribution in [3.8, 4) is 5.75 Å². The van der Waals surface area contributed by atoms with Gasteiger partial charge in [0.15, 0.2) is 17.7 Å². The van der Waals surface area contributed by atoms with Crippen LogP contribution < -0.4 is 15.8 Å². The van der Waals surface area contributed by atoms with Crippen molar-refractivity contribution in [1.29, 1.82) is 0 Å². The van der Waals surface area contributed by atoms with E-state index in [-0.39, 0.29) is 12.1 Å². The molecule has 0 aliphatic carbocycles. The van der Waals surface area contributed by atoms with Crippen molar-refractivity contribution in [2.75, 3.05) is 5.32 Å². The molecule has 0 saturated carbocycles. The van der Waals surface area contributed by atoms with Gasteiger partial charge in [0, 0.05) is 5.69 Å². The van der Waals surface area contributed by atoms with Crippen LogP contribution in [0.25, 0.3) is 0 Å². The Morgan fingerprint density at radius 1 is 1.11 bits per heavy atom. The summed E-state index contributed by atoms with van der Waals surface area (Å²) in [6.45, 7) is -1.81. The summed E-state index contributed by atoms with van der Waals surface area (Å²) in [6.07, 6.45) is -7.94. The average molecular weight is 514 g/mol. The number of carbonyl (C=O) groups excluding carboxylic acids is 2. The molecule has 192 valence electrons. The van der Waals surface area contributed by atoms with Gasteiger partial charge in [0.25, 0.3) is 11.8 Å². The van der Waals surface area contributed by atoms with Crippen molar-refractivity contribution in [1.82, 2.24) is 0 Å². The van der Waals surface area contributed by atoms with Gasteiger partial charge in [-0.05, 0) is 42.7 Å². The molecule has 1 aliphatic heterocycles. The van der Waals surface area contributed by atoms with E-state index in [0.29, 0.717) is 0 Å². The third kappa shape index (κ3) is 7.53. The highest BCUT2D eigenvalue weighted by Gasteiger charge is 2.51. The number of benzene rings is 2. The van der Waals surface area contributed by atoms with Crippen LogP contribution in [0.1, 0.15) is 23.7 Å². The Labute approximate surface area is 193 Å². The third-order valence-electron chi connectivity index (χ3n) is 4.66. The van der Waals surface area contributed by atoms with Gasteiger partial charge in [-0.25, -0.2) is 8.78 Å². The minimum absolute atomic E-state index is 0.0388. The lowest BCUT2D eigenvalue weighted by Crippen LogP contribution is -2.35. The molecular weight excluding hydrogens is 496 g/mol. The first kappa shape index (κ1) is 27.8. The SMILES string of the molecule is CC1C[C@H](C(=O)Nc2ccc(F)c(C(N)=O)c2)OC1C(F)(F)F.Fc1cccc(OC(F)F)c1F. The number of hydrogen-bond donors (Lipinski definition) is 2.